The fourth-order valence-electron chi connectivity index (χ4n) is 3.09. The van der Waals surface area contributed by atoms with Crippen LogP contribution in [0.3, 0.4) is 0 Å². The second kappa shape index (κ2) is 8.11. The molecule has 1 aromatic rings. The quantitative estimate of drug-likeness (QED) is 0.446. The predicted octanol–water partition coefficient (Wildman–Crippen LogP) is 1.58. The Morgan fingerprint density at radius 3 is 2.69 bits per heavy atom. The largest absolute Gasteiger partial charge is 0.462 e. The number of hydrogen-bond donors (Lipinski definition) is 1. The summed E-state index contributed by atoms with van der Waals surface area (Å²) in [6.07, 6.45) is 2.19. The molecule has 2 N–H and O–H groups in total. The maximum atomic E-state index is 13.1. The minimum absolute atomic E-state index is 0.0708. The van der Waals surface area contributed by atoms with Crippen molar-refractivity contribution in [1.29, 1.82) is 0 Å². The summed E-state index contributed by atoms with van der Waals surface area (Å²) in [5.74, 6) is -0.792. The summed E-state index contributed by atoms with van der Waals surface area (Å²) in [6, 6.07) is 1.79. The molecule has 26 heavy (non-hydrogen) atoms. The van der Waals surface area contributed by atoms with Gasteiger partial charge in [-0.15, -0.1) is 0 Å². The smallest absolute Gasteiger partial charge is 0.338 e. The molecule has 0 spiro atoms. The molecule has 1 atom stereocenters. The molecule has 1 aromatic carbocycles. The molecule has 0 radical (unpaired) electrons. The summed E-state index contributed by atoms with van der Waals surface area (Å²) in [4.78, 5) is 22.5. The maximum Gasteiger partial charge on any atom is 0.338 e. The van der Waals surface area contributed by atoms with E-state index in [1.807, 2.05) is 0 Å². The van der Waals surface area contributed by atoms with Gasteiger partial charge in [0.05, 0.1) is 22.0 Å². The van der Waals surface area contributed by atoms with E-state index in [2.05, 4.69) is 0 Å². The summed E-state index contributed by atoms with van der Waals surface area (Å²) in [5, 5.41) is 11.4. The number of nitrogens with zero attached hydrogens (tertiary/aromatic N) is 2. The van der Waals surface area contributed by atoms with Crippen molar-refractivity contribution in [2.24, 2.45) is 5.73 Å². The summed E-state index contributed by atoms with van der Waals surface area (Å²) < 4.78 is 32.3. The zero-order valence-corrected chi connectivity index (χ0v) is 15.6. The van der Waals surface area contributed by atoms with Crippen LogP contribution in [-0.2, 0) is 14.8 Å². The number of nitro groups is 1. The van der Waals surface area contributed by atoms with E-state index in [0.717, 1.165) is 18.6 Å². The van der Waals surface area contributed by atoms with Crippen molar-refractivity contribution in [3.05, 3.63) is 33.4 Å². The van der Waals surface area contributed by atoms with Crippen molar-refractivity contribution in [1.82, 2.24) is 4.31 Å². The second-order valence-corrected chi connectivity index (χ2v) is 7.98. The van der Waals surface area contributed by atoms with Gasteiger partial charge in [0.2, 0.25) is 10.0 Å². The van der Waals surface area contributed by atoms with Crippen LogP contribution >= 0.6 is 0 Å². The Hall–Kier alpha value is -2.04. The number of piperidine rings is 1. The second-order valence-electron chi connectivity index (χ2n) is 6.09. The molecule has 1 saturated heterocycles. The number of nitro benzene ring substituents is 1. The lowest BCUT2D eigenvalue weighted by atomic mass is 10.1. The van der Waals surface area contributed by atoms with Gasteiger partial charge in [-0.25, -0.2) is 13.2 Å². The zero-order chi connectivity index (χ0) is 19.5. The normalized spacial score (nSPS) is 18.5. The molecule has 2 rings (SSSR count). The number of rotatable bonds is 6. The van der Waals surface area contributed by atoms with E-state index < -0.39 is 26.6 Å². The highest BCUT2D eigenvalue weighted by Gasteiger charge is 2.35. The molecule has 10 heteroatoms. The van der Waals surface area contributed by atoms with Gasteiger partial charge in [-0.3, -0.25) is 10.1 Å². The van der Waals surface area contributed by atoms with E-state index in [-0.39, 0.29) is 35.2 Å². The van der Waals surface area contributed by atoms with E-state index >= 15 is 0 Å². The van der Waals surface area contributed by atoms with E-state index in [4.69, 9.17) is 10.5 Å². The lowest BCUT2D eigenvalue weighted by molar-refractivity contribution is -0.385. The van der Waals surface area contributed by atoms with Crippen LogP contribution in [0.25, 0.3) is 0 Å². The van der Waals surface area contributed by atoms with Gasteiger partial charge < -0.3 is 10.5 Å². The number of nitrogens with two attached hydrogens (primary N) is 1. The first-order valence-electron chi connectivity index (χ1n) is 8.42. The van der Waals surface area contributed by atoms with Crippen molar-refractivity contribution < 1.29 is 22.9 Å². The van der Waals surface area contributed by atoms with Crippen molar-refractivity contribution in [2.45, 2.75) is 44.0 Å². The number of sulfonamides is 1. The number of hydrogen-bond acceptors (Lipinski definition) is 7. The van der Waals surface area contributed by atoms with Gasteiger partial charge in [0, 0.05) is 30.8 Å². The highest BCUT2D eigenvalue weighted by atomic mass is 32.2. The summed E-state index contributed by atoms with van der Waals surface area (Å²) in [5.41, 5.74) is 5.21. The molecule has 1 heterocycles. The van der Waals surface area contributed by atoms with Gasteiger partial charge in [-0.05, 0) is 32.8 Å². The van der Waals surface area contributed by atoms with Crippen LogP contribution in [0.5, 0.6) is 0 Å². The molecule has 9 nitrogen and oxygen atoms in total. The fraction of sp³-hybridized carbons (Fsp3) is 0.562. The molecule has 0 bridgehead atoms. The first kappa shape index (κ1) is 20.3. The van der Waals surface area contributed by atoms with E-state index in [0.29, 0.717) is 19.4 Å². The Balaban J connectivity index is 2.60. The average molecular weight is 385 g/mol. The molecule has 0 saturated carbocycles. The number of ether oxygens (including phenoxy) is 1. The predicted molar refractivity (Wildman–Crippen MR) is 94.4 cm³/mol. The van der Waals surface area contributed by atoms with Gasteiger partial charge >= 0.3 is 5.97 Å². The Kier molecular flexibility index (Phi) is 6.32. The highest BCUT2D eigenvalue weighted by molar-refractivity contribution is 7.89. The Labute approximate surface area is 152 Å². The van der Waals surface area contributed by atoms with Crippen molar-refractivity contribution in [2.75, 3.05) is 19.7 Å². The van der Waals surface area contributed by atoms with Crippen molar-refractivity contribution in [3.63, 3.8) is 0 Å². The Morgan fingerprint density at radius 2 is 2.12 bits per heavy atom. The monoisotopic (exact) mass is 385 g/mol. The molecule has 0 aliphatic carbocycles. The topological polar surface area (TPSA) is 133 Å². The molecule has 0 aromatic heterocycles. The lowest BCUT2D eigenvalue weighted by Gasteiger charge is -2.33. The lowest BCUT2D eigenvalue weighted by Crippen LogP contribution is -2.47. The first-order valence-corrected chi connectivity index (χ1v) is 9.86. The van der Waals surface area contributed by atoms with Gasteiger partial charge in [-0.1, -0.05) is 6.42 Å². The Morgan fingerprint density at radius 1 is 1.42 bits per heavy atom. The van der Waals surface area contributed by atoms with Gasteiger partial charge in [0.15, 0.2) is 0 Å². The van der Waals surface area contributed by atoms with Crippen LogP contribution in [0, 0.1) is 17.0 Å². The van der Waals surface area contributed by atoms with Gasteiger partial charge in [0.1, 0.15) is 0 Å². The van der Waals surface area contributed by atoms with Crippen molar-refractivity contribution >= 4 is 21.7 Å². The molecule has 1 fully saturated rings. The summed E-state index contributed by atoms with van der Waals surface area (Å²) in [7, 11) is -4.03. The number of carbonyl (C=O) groups excluding carboxylic acids is 1. The number of benzene rings is 1. The third-order valence-electron chi connectivity index (χ3n) is 4.50. The summed E-state index contributed by atoms with van der Waals surface area (Å²) >= 11 is 0. The molecule has 144 valence electrons. The van der Waals surface area contributed by atoms with Crippen molar-refractivity contribution in [3.8, 4) is 0 Å². The van der Waals surface area contributed by atoms with Crippen LogP contribution in [0.4, 0.5) is 5.69 Å². The fourth-order valence-corrected chi connectivity index (χ4v) is 4.85. The molecule has 0 amide bonds. The molecular weight excluding hydrogens is 362 g/mol. The van der Waals surface area contributed by atoms with Crippen LogP contribution in [0.2, 0.25) is 0 Å². The molecule has 1 unspecified atom stereocenters. The number of esters is 1. The third-order valence-corrected chi connectivity index (χ3v) is 6.43. The molecule has 1 aliphatic heterocycles. The highest BCUT2D eigenvalue weighted by Crippen LogP contribution is 2.31. The zero-order valence-electron chi connectivity index (χ0n) is 14.8. The summed E-state index contributed by atoms with van der Waals surface area (Å²) in [6.45, 7) is 3.52. The standard InChI is InChI=1S/C16H23N3O6S/c1-3-25-16(20)14-8-13(9-15(11(14)2)19(21)22)26(23,24)18-7-5-4-6-12(18)10-17/h8-9,12H,3-7,10,17H2,1-2H3. The Bertz CT molecular complexity index is 808. The molecular formula is C16H23N3O6S. The average Bonchev–Trinajstić information content (AvgIpc) is 2.61. The maximum absolute atomic E-state index is 13.1. The van der Waals surface area contributed by atoms with Gasteiger partial charge in [0.25, 0.3) is 5.69 Å². The van der Waals surface area contributed by atoms with Crippen LogP contribution in [-0.4, -0.2) is 49.4 Å². The third kappa shape index (κ3) is 3.87. The van der Waals surface area contributed by atoms with Crippen LogP contribution in [0.1, 0.15) is 42.1 Å². The van der Waals surface area contributed by atoms with E-state index in [1.165, 1.54) is 11.2 Å². The van der Waals surface area contributed by atoms with E-state index in [9.17, 15) is 23.3 Å². The minimum Gasteiger partial charge on any atom is -0.462 e. The molecule has 1 aliphatic rings. The first-order chi connectivity index (χ1) is 12.2. The minimum atomic E-state index is -4.03. The number of carbonyl (C=O) groups is 1. The van der Waals surface area contributed by atoms with Crippen LogP contribution in [0.15, 0.2) is 17.0 Å². The SMILES string of the molecule is CCOC(=O)c1cc(S(=O)(=O)N2CCCCC2CN)cc([N+](=O)[O-])c1C. The van der Waals surface area contributed by atoms with Crippen LogP contribution < -0.4 is 5.73 Å². The van der Waals surface area contributed by atoms with Gasteiger partial charge in [-0.2, -0.15) is 4.31 Å². The van der Waals surface area contributed by atoms with E-state index in [1.54, 1.807) is 6.92 Å².